The molecule has 0 aromatic heterocycles. The maximum Gasteiger partial charge on any atom is 0.336 e. The van der Waals surface area contributed by atoms with Crippen LogP contribution in [0.15, 0.2) is 27.6 Å². The number of aliphatic hydroxyl groups is 1. The third kappa shape index (κ3) is 3.03. The van der Waals surface area contributed by atoms with Gasteiger partial charge in [0.1, 0.15) is 0 Å². The number of benzene rings is 1. The summed E-state index contributed by atoms with van der Waals surface area (Å²) in [7, 11) is -3.78. The van der Waals surface area contributed by atoms with Gasteiger partial charge in [0.05, 0.1) is 16.6 Å². The summed E-state index contributed by atoms with van der Waals surface area (Å²) in [5, 5.41) is 18.6. The number of nitrogens with zero attached hydrogens (tertiary/aromatic N) is 1. The predicted molar refractivity (Wildman–Crippen MR) is 75.1 cm³/mol. The van der Waals surface area contributed by atoms with Crippen LogP contribution < -0.4 is 0 Å². The number of aliphatic hydroxyl groups excluding tert-OH is 1. The van der Waals surface area contributed by atoms with E-state index >= 15 is 0 Å². The molecule has 1 aromatic carbocycles. The van der Waals surface area contributed by atoms with Gasteiger partial charge in [-0.2, -0.15) is 4.31 Å². The van der Waals surface area contributed by atoms with E-state index in [9.17, 15) is 18.3 Å². The van der Waals surface area contributed by atoms with Gasteiger partial charge >= 0.3 is 5.97 Å². The van der Waals surface area contributed by atoms with Gasteiger partial charge in [-0.15, -0.1) is 0 Å². The number of aromatic carboxylic acids is 1. The molecule has 0 unspecified atom stereocenters. The van der Waals surface area contributed by atoms with Crippen LogP contribution in [0.2, 0.25) is 0 Å². The number of β-amino-alcohol motifs (C(OH)–C–C–N with tert-alkyl or cyclic N) is 1. The molecule has 6 nitrogen and oxygen atoms in total. The van der Waals surface area contributed by atoms with Gasteiger partial charge in [-0.25, -0.2) is 13.2 Å². The number of carboxylic acids is 1. The summed E-state index contributed by atoms with van der Waals surface area (Å²) in [5.74, 6) is -1.20. The lowest BCUT2D eigenvalue weighted by atomic mass is 10.1. The van der Waals surface area contributed by atoms with Crippen molar-refractivity contribution in [1.29, 1.82) is 0 Å². The van der Waals surface area contributed by atoms with E-state index in [1.807, 2.05) is 0 Å². The van der Waals surface area contributed by atoms with Gasteiger partial charge in [0, 0.05) is 17.6 Å². The fourth-order valence-corrected chi connectivity index (χ4v) is 4.08. The van der Waals surface area contributed by atoms with Gasteiger partial charge in [-0.1, -0.05) is 0 Å². The van der Waals surface area contributed by atoms with Crippen LogP contribution in [-0.4, -0.2) is 48.1 Å². The molecule has 1 heterocycles. The number of carbonyl (C=O) groups is 1. The average Bonchev–Trinajstić information content (AvgIpc) is 2.38. The molecule has 0 radical (unpaired) electrons. The number of sulfonamides is 1. The number of piperidine rings is 1. The molecular weight excluding hydrogens is 350 g/mol. The van der Waals surface area contributed by atoms with E-state index in [2.05, 4.69) is 15.9 Å². The highest BCUT2D eigenvalue weighted by molar-refractivity contribution is 9.10. The summed E-state index contributed by atoms with van der Waals surface area (Å²) in [5.41, 5.74) is -0.108. The Bertz CT molecular complexity index is 631. The first kappa shape index (κ1) is 15.4. The number of carboxylic acid groups (broad SMARTS) is 1. The van der Waals surface area contributed by atoms with Gasteiger partial charge in [-0.05, 0) is 47.0 Å². The molecule has 0 aliphatic carbocycles. The average molecular weight is 364 g/mol. The number of hydrogen-bond acceptors (Lipinski definition) is 4. The molecule has 0 amide bonds. The highest BCUT2D eigenvalue weighted by Crippen LogP contribution is 2.25. The molecule has 2 N–H and O–H groups in total. The summed E-state index contributed by atoms with van der Waals surface area (Å²) < 4.78 is 26.4. The first-order valence-corrected chi connectivity index (χ1v) is 8.26. The Hall–Kier alpha value is -0.960. The second-order valence-corrected chi connectivity index (χ2v) is 7.40. The zero-order chi connectivity index (χ0) is 14.9. The summed E-state index contributed by atoms with van der Waals surface area (Å²) >= 11 is 3.07. The van der Waals surface area contributed by atoms with Crippen LogP contribution in [0.4, 0.5) is 0 Å². The normalized spacial score (nSPS) is 20.8. The standard InChI is InChI=1S/C12H14BrNO5S/c13-11-4-3-9(6-10(11)12(16)17)20(18,19)14-5-1-2-8(15)7-14/h3-4,6,8,15H,1-2,5,7H2,(H,16,17)/t8-/m0/s1. The third-order valence-corrected chi connectivity index (χ3v) is 5.72. The molecule has 0 bridgehead atoms. The fraction of sp³-hybridized carbons (Fsp3) is 0.417. The molecular formula is C12H14BrNO5S. The van der Waals surface area contributed by atoms with E-state index in [4.69, 9.17) is 5.11 Å². The van der Waals surface area contributed by atoms with E-state index < -0.39 is 22.1 Å². The summed E-state index contributed by atoms with van der Waals surface area (Å²) in [6.45, 7) is 0.374. The molecule has 110 valence electrons. The quantitative estimate of drug-likeness (QED) is 0.843. The molecule has 0 spiro atoms. The van der Waals surface area contributed by atoms with Crippen LogP contribution in [0.5, 0.6) is 0 Å². The van der Waals surface area contributed by atoms with Crippen LogP contribution in [0.3, 0.4) is 0 Å². The lowest BCUT2D eigenvalue weighted by Crippen LogP contribution is -2.42. The highest BCUT2D eigenvalue weighted by Gasteiger charge is 2.30. The largest absolute Gasteiger partial charge is 0.478 e. The Labute approximate surface area is 125 Å². The van der Waals surface area contributed by atoms with Crippen molar-refractivity contribution in [2.45, 2.75) is 23.8 Å². The van der Waals surface area contributed by atoms with Gasteiger partial charge < -0.3 is 10.2 Å². The first-order valence-electron chi connectivity index (χ1n) is 6.03. The van der Waals surface area contributed by atoms with Crippen molar-refractivity contribution in [1.82, 2.24) is 4.31 Å². The fourth-order valence-electron chi connectivity index (χ4n) is 2.12. The van der Waals surface area contributed by atoms with Crippen molar-refractivity contribution in [2.75, 3.05) is 13.1 Å². The predicted octanol–water partition coefficient (Wildman–Crippen LogP) is 1.29. The second kappa shape index (κ2) is 5.80. The van der Waals surface area contributed by atoms with Crippen LogP contribution in [0, 0.1) is 0 Å². The smallest absolute Gasteiger partial charge is 0.336 e. The van der Waals surface area contributed by atoms with Gasteiger partial charge in [0.25, 0.3) is 0 Å². The van der Waals surface area contributed by atoms with Crippen molar-refractivity contribution in [3.05, 3.63) is 28.2 Å². The van der Waals surface area contributed by atoms with E-state index in [1.54, 1.807) is 0 Å². The van der Waals surface area contributed by atoms with Crippen LogP contribution in [-0.2, 0) is 10.0 Å². The number of halogens is 1. The summed E-state index contributed by atoms with van der Waals surface area (Å²) in [4.78, 5) is 11.0. The Morgan fingerprint density at radius 1 is 1.40 bits per heavy atom. The Balaban J connectivity index is 2.39. The molecule has 8 heteroatoms. The number of hydrogen-bond donors (Lipinski definition) is 2. The van der Waals surface area contributed by atoms with E-state index in [1.165, 1.54) is 16.4 Å². The molecule has 20 heavy (non-hydrogen) atoms. The zero-order valence-electron chi connectivity index (χ0n) is 10.5. The molecule has 1 aliphatic heterocycles. The zero-order valence-corrected chi connectivity index (χ0v) is 12.9. The van der Waals surface area contributed by atoms with Crippen molar-refractivity contribution in [3.8, 4) is 0 Å². The van der Waals surface area contributed by atoms with Crippen LogP contribution >= 0.6 is 15.9 Å². The summed E-state index contributed by atoms with van der Waals surface area (Å²) in [6, 6.07) is 3.88. The maximum absolute atomic E-state index is 12.4. The topological polar surface area (TPSA) is 94.9 Å². The number of rotatable bonds is 3. The third-order valence-electron chi connectivity index (χ3n) is 3.17. The minimum Gasteiger partial charge on any atom is -0.478 e. The van der Waals surface area contributed by atoms with Gasteiger partial charge in [0.15, 0.2) is 0 Å². The Kier molecular flexibility index (Phi) is 4.48. The lowest BCUT2D eigenvalue weighted by Gasteiger charge is -2.29. The maximum atomic E-state index is 12.4. The first-order chi connectivity index (χ1) is 9.32. The SMILES string of the molecule is O=C(O)c1cc(S(=O)(=O)N2CCC[C@H](O)C2)ccc1Br. The highest BCUT2D eigenvalue weighted by atomic mass is 79.9. The Morgan fingerprint density at radius 2 is 2.10 bits per heavy atom. The molecule has 1 aliphatic rings. The van der Waals surface area contributed by atoms with E-state index in [0.717, 1.165) is 6.07 Å². The molecule has 1 fully saturated rings. The van der Waals surface area contributed by atoms with E-state index in [0.29, 0.717) is 23.9 Å². The van der Waals surface area contributed by atoms with Gasteiger partial charge in [0.2, 0.25) is 10.0 Å². The van der Waals surface area contributed by atoms with Gasteiger partial charge in [-0.3, -0.25) is 0 Å². The molecule has 2 rings (SSSR count). The molecule has 1 atom stereocenters. The van der Waals surface area contributed by atoms with Crippen LogP contribution in [0.1, 0.15) is 23.2 Å². The monoisotopic (exact) mass is 363 g/mol. The van der Waals surface area contributed by atoms with E-state index in [-0.39, 0.29) is 17.0 Å². The lowest BCUT2D eigenvalue weighted by molar-refractivity contribution is 0.0695. The molecule has 1 saturated heterocycles. The Morgan fingerprint density at radius 3 is 2.70 bits per heavy atom. The minimum atomic E-state index is -3.78. The van der Waals surface area contributed by atoms with Crippen LogP contribution in [0.25, 0.3) is 0 Å². The molecule has 1 aromatic rings. The summed E-state index contributed by atoms with van der Waals surface area (Å²) in [6.07, 6.45) is 0.489. The van der Waals surface area contributed by atoms with Crippen molar-refractivity contribution < 1.29 is 23.4 Å². The van der Waals surface area contributed by atoms with Crippen molar-refractivity contribution in [2.24, 2.45) is 0 Å². The van der Waals surface area contributed by atoms with Crippen molar-refractivity contribution >= 4 is 31.9 Å². The minimum absolute atomic E-state index is 0.0425. The van der Waals surface area contributed by atoms with Crippen molar-refractivity contribution in [3.63, 3.8) is 0 Å². The molecule has 0 saturated carbocycles. The second-order valence-electron chi connectivity index (χ2n) is 4.61.